The average molecular weight is 341 g/mol. The molecule has 1 aromatic heterocycles. The Balaban J connectivity index is 1.52. The molecule has 0 bridgehead atoms. The molecule has 1 saturated heterocycles. The first-order valence-electron chi connectivity index (χ1n) is 8.48. The van der Waals surface area contributed by atoms with Crippen molar-refractivity contribution in [2.24, 2.45) is 0 Å². The van der Waals surface area contributed by atoms with Crippen LogP contribution in [0.25, 0.3) is 0 Å². The molecule has 1 unspecified atom stereocenters. The number of aromatic nitrogens is 1. The summed E-state index contributed by atoms with van der Waals surface area (Å²) in [5.74, 6) is 0.667. The number of amides is 1. The molecule has 25 heavy (non-hydrogen) atoms. The van der Waals surface area contributed by atoms with E-state index in [-0.39, 0.29) is 12.0 Å². The van der Waals surface area contributed by atoms with Gasteiger partial charge in [0, 0.05) is 25.3 Å². The van der Waals surface area contributed by atoms with Crippen LogP contribution in [0.5, 0.6) is 5.75 Å². The lowest BCUT2D eigenvalue weighted by atomic mass is 10.2. The first-order valence-corrected chi connectivity index (χ1v) is 8.48. The van der Waals surface area contributed by atoms with Gasteiger partial charge in [-0.2, -0.15) is 0 Å². The van der Waals surface area contributed by atoms with Crippen molar-refractivity contribution < 1.29 is 14.3 Å². The van der Waals surface area contributed by atoms with E-state index < -0.39 is 0 Å². The van der Waals surface area contributed by atoms with Crippen LogP contribution >= 0.6 is 0 Å². The summed E-state index contributed by atoms with van der Waals surface area (Å²) in [6, 6.07) is 11.4. The number of para-hydroxylation sites is 1. The Hall–Kier alpha value is -2.60. The van der Waals surface area contributed by atoms with Crippen molar-refractivity contribution in [3.8, 4) is 5.75 Å². The number of methoxy groups -OCH3 is 1. The molecule has 0 saturated carbocycles. The van der Waals surface area contributed by atoms with Crippen molar-refractivity contribution >= 4 is 11.6 Å². The van der Waals surface area contributed by atoms with Crippen molar-refractivity contribution in [2.75, 3.05) is 25.6 Å². The molecule has 132 valence electrons. The summed E-state index contributed by atoms with van der Waals surface area (Å²) in [4.78, 5) is 16.3. The van der Waals surface area contributed by atoms with Gasteiger partial charge in [0.1, 0.15) is 11.4 Å². The van der Waals surface area contributed by atoms with Crippen LogP contribution in [0.4, 0.5) is 5.69 Å². The SMILES string of the molecule is COc1ccccc1CNc1ccc(C(=O)NCC2CCCO2)nc1. The maximum absolute atomic E-state index is 12.1. The van der Waals surface area contributed by atoms with Crippen LogP contribution in [0.15, 0.2) is 42.6 Å². The van der Waals surface area contributed by atoms with Gasteiger partial charge in [0.2, 0.25) is 0 Å². The van der Waals surface area contributed by atoms with Gasteiger partial charge in [0.15, 0.2) is 0 Å². The maximum Gasteiger partial charge on any atom is 0.269 e. The summed E-state index contributed by atoms with van der Waals surface area (Å²) in [6.07, 6.45) is 3.85. The van der Waals surface area contributed by atoms with Crippen LogP contribution in [-0.2, 0) is 11.3 Å². The molecular formula is C19H23N3O3. The summed E-state index contributed by atoms with van der Waals surface area (Å²) in [5.41, 5.74) is 2.31. The van der Waals surface area contributed by atoms with Crippen LogP contribution in [0, 0.1) is 0 Å². The fourth-order valence-electron chi connectivity index (χ4n) is 2.78. The lowest BCUT2D eigenvalue weighted by Gasteiger charge is -2.12. The van der Waals surface area contributed by atoms with Crippen LogP contribution in [0.2, 0.25) is 0 Å². The van der Waals surface area contributed by atoms with Gasteiger partial charge in [-0.25, -0.2) is 4.98 Å². The topological polar surface area (TPSA) is 72.5 Å². The van der Waals surface area contributed by atoms with E-state index >= 15 is 0 Å². The molecule has 1 aromatic carbocycles. The van der Waals surface area contributed by atoms with E-state index in [1.54, 1.807) is 19.4 Å². The quantitative estimate of drug-likeness (QED) is 0.810. The lowest BCUT2D eigenvalue weighted by molar-refractivity contribution is 0.0854. The molecule has 6 nitrogen and oxygen atoms in total. The van der Waals surface area contributed by atoms with E-state index in [1.165, 1.54) is 0 Å². The van der Waals surface area contributed by atoms with E-state index in [4.69, 9.17) is 9.47 Å². The summed E-state index contributed by atoms with van der Waals surface area (Å²) in [6.45, 7) is 1.94. The Labute approximate surface area is 147 Å². The predicted octanol–water partition coefficient (Wildman–Crippen LogP) is 2.61. The molecule has 2 heterocycles. The number of rotatable bonds is 7. The summed E-state index contributed by atoms with van der Waals surface area (Å²) >= 11 is 0. The minimum Gasteiger partial charge on any atom is -0.496 e. The molecule has 0 aliphatic carbocycles. The Bertz CT molecular complexity index is 697. The fourth-order valence-corrected chi connectivity index (χ4v) is 2.78. The number of benzene rings is 1. The van der Waals surface area contributed by atoms with E-state index in [9.17, 15) is 4.79 Å². The second kappa shape index (κ2) is 8.48. The smallest absolute Gasteiger partial charge is 0.269 e. The Morgan fingerprint density at radius 2 is 2.20 bits per heavy atom. The van der Waals surface area contributed by atoms with Crippen LogP contribution in [-0.4, -0.2) is 37.3 Å². The molecule has 6 heteroatoms. The molecule has 1 atom stereocenters. The lowest BCUT2D eigenvalue weighted by Crippen LogP contribution is -2.32. The van der Waals surface area contributed by atoms with Gasteiger partial charge in [0.05, 0.1) is 25.1 Å². The van der Waals surface area contributed by atoms with Crippen molar-refractivity contribution in [1.29, 1.82) is 0 Å². The van der Waals surface area contributed by atoms with Crippen LogP contribution < -0.4 is 15.4 Å². The first kappa shape index (κ1) is 17.2. The van der Waals surface area contributed by atoms with Crippen LogP contribution in [0.3, 0.4) is 0 Å². The summed E-state index contributed by atoms with van der Waals surface area (Å²) < 4.78 is 10.8. The largest absolute Gasteiger partial charge is 0.496 e. The van der Waals surface area contributed by atoms with Gasteiger partial charge in [0.25, 0.3) is 5.91 Å². The number of carbonyl (C=O) groups is 1. The molecule has 0 spiro atoms. The average Bonchev–Trinajstić information content (AvgIpc) is 3.18. The van der Waals surface area contributed by atoms with E-state index in [2.05, 4.69) is 15.6 Å². The van der Waals surface area contributed by atoms with E-state index in [0.29, 0.717) is 18.8 Å². The zero-order valence-corrected chi connectivity index (χ0v) is 14.3. The zero-order chi connectivity index (χ0) is 17.5. The highest BCUT2D eigenvalue weighted by atomic mass is 16.5. The third kappa shape index (κ3) is 4.70. The fraction of sp³-hybridized carbons (Fsp3) is 0.368. The Morgan fingerprint density at radius 3 is 2.92 bits per heavy atom. The number of pyridine rings is 1. The van der Waals surface area contributed by atoms with Gasteiger partial charge >= 0.3 is 0 Å². The molecule has 1 fully saturated rings. The van der Waals surface area contributed by atoms with Gasteiger partial charge in [-0.3, -0.25) is 4.79 Å². The zero-order valence-electron chi connectivity index (χ0n) is 14.3. The second-order valence-electron chi connectivity index (χ2n) is 5.94. The number of hydrogen-bond acceptors (Lipinski definition) is 5. The number of hydrogen-bond donors (Lipinski definition) is 2. The number of nitrogens with one attached hydrogen (secondary N) is 2. The van der Waals surface area contributed by atoms with Crippen molar-refractivity contribution in [1.82, 2.24) is 10.3 Å². The molecule has 1 amide bonds. The second-order valence-corrected chi connectivity index (χ2v) is 5.94. The molecule has 2 N–H and O–H groups in total. The molecule has 0 radical (unpaired) electrons. The first-order chi connectivity index (χ1) is 12.3. The monoisotopic (exact) mass is 341 g/mol. The molecular weight excluding hydrogens is 318 g/mol. The molecule has 2 aromatic rings. The molecule has 1 aliphatic rings. The van der Waals surface area contributed by atoms with Crippen molar-refractivity contribution in [2.45, 2.75) is 25.5 Å². The minimum atomic E-state index is -0.174. The van der Waals surface area contributed by atoms with Gasteiger partial charge in [-0.1, -0.05) is 18.2 Å². The highest BCUT2D eigenvalue weighted by Gasteiger charge is 2.17. The minimum absolute atomic E-state index is 0.130. The van der Waals surface area contributed by atoms with Crippen molar-refractivity contribution in [3.05, 3.63) is 53.9 Å². The Morgan fingerprint density at radius 1 is 1.32 bits per heavy atom. The Kier molecular flexibility index (Phi) is 5.85. The highest BCUT2D eigenvalue weighted by Crippen LogP contribution is 2.18. The standard InChI is InChI=1S/C19H23N3O3/c1-24-18-7-3-2-5-14(18)11-20-15-8-9-17(21-12-15)19(23)22-13-16-6-4-10-25-16/h2-3,5,7-9,12,16,20H,4,6,10-11,13H2,1H3,(H,22,23). The van der Waals surface area contributed by atoms with Crippen LogP contribution in [0.1, 0.15) is 28.9 Å². The third-order valence-corrected chi connectivity index (χ3v) is 4.19. The summed E-state index contributed by atoms with van der Waals surface area (Å²) in [7, 11) is 1.66. The van der Waals surface area contributed by atoms with Crippen molar-refractivity contribution in [3.63, 3.8) is 0 Å². The van der Waals surface area contributed by atoms with Gasteiger partial charge in [-0.15, -0.1) is 0 Å². The van der Waals surface area contributed by atoms with Gasteiger partial charge < -0.3 is 20.1 Å². The number of nitrogens with zero attached hydrogens (tertiary/aromatic N) is 1. The van der Waals surface area contributed by atoms with E-state index in [0.717, 1.165) is 36.4 Å². The number of anilines is 1. The normalized spacial score (nSPS) is 16.4. The molecule has 1 aliphatic heterocycles. The summed E-state index contributed by atoms with van der Waals surface area (Å²) in [5, 5.41) is 6.15. The number of ether oxygens (including phenoxy) is 2. The van der Waals surface area contributed by atoms with Gasteiger partial charge in [-0.05, 0) is 31.0 Å². The highest BCUT2D eigenvalue weighted by molar-refractivity contribution is 5.92. The third-order valence-electron chi connectivity index (χ3n) is 4.19. The maximum atomic E-state index is 12.1. The predicted molar refractivity (Wildman–Crippen MR) is 95.9 cm³/mol. The van der Waals surface area contributed by atoms with E-state index in [1.807, 2.05) is 30.3 Å². The number of carbonyl (C=O) groups excluding carboxylic acids is 1. The molecule has 3 rings (SSSR count).